The molecule has 1 N–H and O–H groups in total. The summed E-state index contributed by atoms with van der Waals surface area (Å²) in [6, 6.07) is 10.4. The fourth-order valence-electron chi connectivity index (χ4n) is 1.85. The molecule has 2 aromatic rings. The van der Waals surface area contributed by atoms with Crippen molar-refractivity contribution in [2.75, 3.05) is 7.05 Å². The Morgan fingerprint density at radius 3 is 2.78 bits per heavy atom. The molecule has 0 atom stereocenters. The van der Waals surface area contributed by atoms with Crippen molar-refractivity contribution in [1.82, 2.24) is 5.32 Å². The Balaban J connectivity index is 2.30. The van der Waals surface area contributed by atoms with E-state index in [0.29, 0.717) is 0 Å². The molecule has 1 aromatic carbocycles. The highest BCUT2D eigenvalue weighted by molar-refractivity contribution is 7.10. The van der Waals surface area contributed by atoms with Crippen molar-refractivity contribution in [2.24, 2.45) is 0 Å². The molecule has 0 aliphatic heterocycles. The minimum absolute atomic E-state index is 0.196. The van der Waals surface area contributed by atoms with Gasteiger partial charge in [0.15, 0.2) is 0 Å². The predicted octanol–water partition coefficient (Wildman–Crippen LogP) is 3.92. The van der Waals surface area contributed by atoms with Gasteiger partial charge in [0.1, 0.15) is 5.75 Å². The zero-order valence-corrected chi connectivity index (χ0v) is 11.9. The summed E-state index contributed by atoms with van der Waals surface area (Å²) in [4.78, 5) is 1.34. The monoisotopic (exact) mass is 261 g/mol. The molecular weight excluding hydrogens is 242 g/mol. The predicted molar refractivity (Wildman–Crippen MR) is 78.3 cm³/mol. The van der Waals surface area contributed by atoms with Gasteiger partial charge in [0.25, 0.3) is 0 Å². The molecule has 0 radical (unpaired) electrons. The van der Waals surface area contributed by atoms with Crippen LogP contribution in [0, 0.1) is 0 Å². The van der Waals surface area contributed by atoms with Crippen LogP contribution in [0.5, 0.6) is 5.75 Å². The number of ether oxygens (including phenoxy) is 1. The molecule has 0 amide bonds. The average Bonchev–Trinajstić information content (AvgIpc) is 2.78. The molecule has 0 aliphatic rings. The van der Waals surface area contributed by atoms with Gasteiger partial charge in [-0.2, -0.15) is 0 Å². The van der Waals surface area contributed by atoms with Crippen molar-refractivity contribution in [1.29, 1.82) is 0 Å². The summed E-state index contributed by atoms with van der Waals surface area (Å²) in [5.41, 5.74) is 2.41. The first-order chi connectivity index (χ1) is 8.70. The van der Waals surface area contributed by atoms with E-state index in [1.807, 2.05) is 19.2 Å². The van der Waals surface area contributed by atoms with Gasteiger partial charge in [-0.15, -0.1) is 11.3 Å². The quantitative estimate of drug-likeness (QED) is 0.880. The van der Waals surface area contributed by atoms with Gasteiger partial charge in [0, 0.05) is 17.0 Å². The van der Waals surface area contributed by atoms with Crippen LogP contribution >= 0.6 is 11.3 Å². The average molecular weight is 261 g/mol. The number of thiophene rings is 1. The molecular formula is C15H19NOS. The van der Waals surface area contributed by atoms with E-state index in [2.05, 4.69) is 42.7 Å². The fraction of sp³-hybridized carbons (Fsp3) is 0.333. The molecule has 2 nitrogen and oxygen atoms in total. The van der Waals surface area contributed by atoms with E-state index < -0.39 is 0 Å². The van der Waals surface area contributed by atoms with Crippen molar-refractivity contribution in [2.45, 2.75) is 26.5 Å². The molecule has 0 aliphatic carbocycles. The van der Waals surface area contributed by atoms with Crippen molar-refractivity contribution in [3.05, 3.63) is 40.6 Å². The second kappa shape index (κ2) is 6.03. The third-order valence-electron chi connectivity index (χ3n) is 2.57. The Kier molecular flexibility index (Phi) is 4.39. The third kappa shape index (κ3) is 3.12. The number of para-hydroxylation sites is 1. The number of nitrogens with one attached hydrogen (secondary N) is 1. The Hall–Kier alpha value is -1.32. The molecule has 96 valence electrons. The van der Waals surface area contributed by atoms with Gasteiger partial charge in [0.2, 0.25) is 0 Å². The highest BCUT2D eigenvalue weighted by atomic mass is 32.1. The molecule has 0 saturated heterocycles. The van der Waals surface area contributed by atoms with E-state index >= 15 is 0 Å². The van der Waals surface area contributed by atoms with Crippen molar-refractivity contribution < 1.29 is 4.74 Å². The Morgan fingerprint density at radius 1 is 1.28 bits per heavy atom. The maximum atomic E-state index is 5.86. The summed E-state index contributed by atoms with van der Waals surface area (Å²) >= 11 is 1.78. The largest absolute Gasteiger partial charge is 0.490 e. The second-order valence-corrected chi connectivity index (χ2v) is 5.49. The normalized spacial score (nSPS) is 10.9. The summed E-state index contributed by atoms with van der Waals surface area (Å²) < 4.78 is 5.86. The molecule has 2 rings (SSSR count). The standard InChI is InChI=1S/C15H19NOS/c1-11(2)17-15-7-5-4-6-14(15)12-8-13(9-16-3)18-10-12/h4-8,10-11,16H,9H2,1-3H3. The zero-order chi connectivity index (χ0) is 13.0. The van der Waals surface area contributed by atoms with Crippen LogP contribution in [0.3, 0.4) is 0 Å². The topological polar surface area (TPSA) is 21.3 Å². The summed E-state index contributed by atoms with van der Waals surface area (Å²) in [5, 5.41) is 5.36. The lowest BCUT2D eigenvalue weighted by atomic mass is 10.1. The molecule has 0 saturated carbocycles. The highest BCUT2D eigenvalue weighted by Crippen LogP contribution is 2.33. The van der Waals surface area contributed by atoms with Crippen LogP contribution in [0.1, 0.15) is 18.7 Å². The van der Waals surface area contributed by atoms with Crippen LogP contribution in [-0.2, 0) is 6.54 Å². The first-order valence-corrected chi connectivity index (χ1v) is 7.06. The molecule has 0 bridgehead atoms. The smallest absolute Gasteiger partial charge is 0.127 e. The van der Waals surface area contributed by atoms with Crippen LogP contribution in [-0.4, -0.2) is 13.2 Å². The number of hydrogen-bond donors (Lipinski definition) is 1. The summed E-state index contributed by atoms with van der Waals surface area (Å²) in [7, 11) is 1.97. The van der Waals surface area contributed by atoms with Crippen LogP contribution in [0.4, 0.5) is 0 Å². The maximum Gasteiger partial charge on any atom is 0.127 e. The Labute approximate surface area is 113 Å². The van der Waals surface area contributed by atoms with Gasteiger partial charge in [-0.1, -0.05) is 18.2 Å². The highest BCUT2D eigenvalue weighted by Gasteiger charge is 2.09. The molecule has 3 heteroatoms. The lowest BCUT2D eigenvalue weighted by Gasteiger charge is -2.13. The SMILES string of the molecule is CNCc1cc(-c2ccccc2OC(C)C)cs1. The van der Waals surface area contributed by atoms with E-state index in [-0.39, 0.29) is 6.10 Å². The van der Waals surface area contributed by atoms with Crippen molar-refractivity contribution in [3.8, 4) is 16.9 Å². The van der Waals surface area contributed by atoms with Crippen LogP contribution in [0.2, 0.25) is 0 Å². The minimum Gasteiger partial charge on any atom is -0.490 e. The second-order valence-electron chi connectivity index (χ2n) is 4.49. The van der Waals surface area contributed by atoms with E-state index in [1.54, 1.807) is 11.3 Å². The lowest BCUT2D eigenvalue weighted by Crippen LogP contribution is -2.06. The van der Waals surface area contributed by atoms with Gasteiger partial charge in [0.05, 0.1) is 6.10 Å². The van der Waals surface area contributed by atoms with Gasteiger partial charge in [-0.25, -0.2) is 0 Å². The van der Waals surface area contributed by atoms with E-state index in [0.717, 1.165) is 12.3 Å². The number of rotatable bonds is 5. The van der Waals surface area contributed by atoms with Crippen molar-refractivity contribution >= 4 is 11.3 Å². The summed E-state index contributed by atoms with van der Waals surface area (Å²) in [5.74, 6) is 0.960. The van der Waals surface area contributed by atoms with Crippen LogP contribution in [0.25, 0.3) is 11.1 Å². The molecule has 0 fully saturated rings. The number of benzene rings is 1. The van der Waals surface area contributed by atoms with E-state index in [1.165, 1.54) is 16.0 Å². The van der Waals surface area contributed by atoms with Crippen LogP contribution < -0.4 is 10.1 Å². The third-order valence-corrected chi connectivity index (χ3v) is 3.50. The maximum absolute atomic E-state index is 5.86. The summed E-state index contributed by atoms with van der Waals surface area (Å²) in [6.07, 6.45) is 0.196. The Bertz CT molecular complexity index is 505. The van der Waals surface area contributed by atoms with Gasteiger partial charge in [-0.05, 0) is 44.0 Å². The van der Waals surface area contributed by atoms with E-state index in [9.17, 15) is 0 Å². The van der Waals surface area contributed by atoms with Crippen molar-refractivity contribution in [3.63, 3.8) is 0 Å². The minimum atomic E-state index is 0.196. The summed E-state index contributed by atoms with van der Waals surface area (Å²) in [6.45, 7) is 5.02. The van der Waals surface area contributed by atoms with Crippen LogP contribution in [0.15, 0.2) is 35.7 Å². The van der Waals surface area contributed by atoms with E-state index in [4.69, 9.17) is 4.74 Å². The van der Waals surface area contributed by atoms with Gasteiger partial charge in [-0.3, -0.25) is 0 Å². The first kappa shape index (κ1) is 13.1. The zero-order valence-electron chi connectivity index (χ0n) is 11.1. The first-order valence-electron chi connectivity index (χ1n) is 6.18. The van der Waals surface area contributed by atoms with Gasteiger partial charge < -0.3 is 10.1 Å². The molecule has 1 aromatic heterocycles. The number of hydrogen-bond acceptors (Lipinski definition) is 3. The Morgan fingerprint density at radius 2 is 2.06 bits per heavy atom. The van der Waals surface area contributed by atoms with Gasteiger partial charge >= 0.3 is 0 Å². The molecule has 1 heterocycles. The molecule has 18 heavy (non-hydrogen) atoms. The lowest BCUT2D eigenvalue weighted by molar-refractivity contribution is 0.243. The molecule has 0 spiro atoms. The fourth-order valence-corrected chi connectivity index (χ4v) is 2.75. The molecule has 0 unspecified atom stereocenters.